The van der Waals surface area contributed by atoms with Gasteiger partial charge in [0.25, 0.3) is 0 Å². The zero-order valence-corrected chi connectivity index (χ0v) is 11.4. The molecule has 0 bridgehead atoms. The molecule has 0 saturated carbocycles. The summed E-state index contributed by atoms with van der Waals surface area (Å²) in [6.07, 6.45) is 2.81. The first-order valence-electron chi connectivity index (χ1n) is 6.11. The lowest BCUT2D eigenvalue weighted by Crippen LogP contribution is -2.56. The number of allylic oxidation sites excluding steroid dienone is 1. The summed E-state index contributed by atoms with van der Waals surface area (Å²) in [6, 6.07) is -0.488. The second-order valence-corrected chi connectivity index (χ2v) is 4.37. The number of nitrogens with zero attached hydrogens (tertiary/aromatic N) is 2. The van der Waals surface area contributed by atoms with E-state index in [2.05, 4.69) is 13.2 Å². The van der Waals surface area contributed by atoms with Crippen LogP contribution in [-0.2, 0) is 9.59 Å². The maximum absolute atomic E-state index is 13.5. The number of carbonyl (C=O) groups excluding carboxylic acids is 2. The van der Waals surface area contributed by atoms with Gasteiger partial charge < -0.3 is 9.80 Å². The van der Waals surface area contributed by atoms with Gasteiger partial charge in [-0.25, -0.2) is 4.39 Å². The first kappa shape index (κ1) is 15.1. The van der Waals surface area contributed by atoms with Crippen LogP contribution in [0.25, 0.3) is 0 Å². The summed E-state index contributed by atoms with van der Waals surface area (Å²) in [7, 11) is 0. The molecule has 0 aromatic rings. The largest absolute Gasteiger partial charge is 0.335 e. The Morgan fingerprint density at radius 2 is 2.00 bits per heavy atom. The van der Waals surface area contributed by atoms with Gasteiger partial charge in [0.1, 0.15) is 5.83 Å². The smallest absolute Gasteiger partial charge is 0.246 e. The molecular formula is C14H19FN2O2. The van der Waals surface area contributed by atoms with Crippen molar-refractivity contribution in [3.05, 3.63) is 36.7 Å². The topological polar surface area (TPSA) is 40.6 Å². The highest BCUT2D eigenvalue weighted by atomic mass is 19.1. The summed E-state index contributed by atoms with van der Waals surface area (Å²) in [5.41, 5.74) is 0.344. The maximum Gasteiger partial charge on any atom is 0.246 e. The van der Waals surface area contributed by atoms with Crippen LogP contribution in [0.1, 0.15) is 13.8 Å². The highest BCUT2D eigenvalue weighted by Crippen LogP contribution is 2.23. The van der Waals surface area contributed by atoms with Crippen LogP contribution in [0.2, 0.25) is 0 Å². The van der Waals surface area contributed by atoms with Crippen LogP contribution in [0.3, 0.4) is 0 Å². The zero-order chi connectivity index (χ0) is 14.6. The molecule has 1 atom stereocenters. The van der Waals surface area contributed by atoms with Crippen LogP contribution in [-0.4, -0.2) is 47.3 Å². The Hall–Kier alpha value is -1.91. The maximum atomic E-state index is 13.5. The molecule has 0 spiro atoms. The van der Waals surface area contributed by atoms with Crippen LogP contribution in [0, 0.1) is 0 Å². The number of hydrogen-bond acceptors (Lipinski definition) is 2. The van der Waals surface area contributed by atoms with Crippen LogP contribution in [0.5, 0.6) is 0 Å². The number of halogens is 1. The lowest BCUT2D eigenvalue weighted by Gasteiger charge is -2.41. The molecule has 0 radical (unpaired) electrons. The summed E-state index contributed by atoms with van der Waals surface area (Å²) in [6.45, 7) is 10.9. The molecule has 1 saturated heterocycles. The van der Waals surface area contributed by atoms with Crippen molar-refractivity contribution in [2.24, 2.45) is 0 Å². The third-order valence-electron chi connectivity index (χ3n) is 3.25. The highest BCUT2D eigenvalue weighted by molar-refractivity contribution is 5.87. The van der Waals surface area contributed by atoms with Gasteiger partial charge in [-0.15, -0.1) is 0 Å². The fourth-order valence-corrected chi connectivity index (χ4v) is 2.29. The van der Waals surface area contributed by atoms with Gasteiger partial charge in [0.2, 0.25) is 11.8 Å². The number of hydrogen-bond donors (Lipinski definition) is 0. The lowest BCUT2D eigenvalue weighted by molar-refractivity contribution is -0.138. The molecule has 1 fully saturated rings. The van der Waals surface area contributed by atoms with E-state index in [1.807, 2.05) is 0 Å². The highest BCUT2D eigenvalue weighted by Gasteiger charge is 2.33. The van der Waals surface area contributed by atoms with Gasteiger partial charge in [-0.2, -0.15) is 0 Å². The number of carbonyl (C=O) groups is 2. The summed E-state index contributed by atoms with van der Waals surface area (Å²) >= 11 is 0. The molecule has 0 aliphatic carbocycles. The molecule has 1 heterocycles. The van der Waals surface area contributed by atoms with Crippen molar-refractivity contribution in [2.75, 3.05) is 19.6 Å². The van der Waals surface area contributed by atoms with Crippen LogP contribution in [0.4, 0.5) is 4.39 Å². The molecule has 0 N–H and O–H groups in total. The molecule has 1 unspecified atom stereocenters. The Balaban J connectivity index is 3.03. The minimum Gasteiger partial charge on any atom is -0.335 e. The van der Waals surface area contributed by atoms with E-state index in [9.17, 15) is 14.0 Å². The second kappa shape index (κ2) is 6.31. The van der Waals surface area contributed by atoms with Gasteiger partial charge in [-0.1, -0.05) is 19.2 Å². The Morgan fingerprint density at radius 1 is 1.37 bits per heavy atom. The van der Waals surface area contributed by atoms with E-state index in [1.165, 1.54) is 13.0 Å². The van der Waals surface area contributed by atoms with Crippen LogP contribution < -0.4 is 0 Å². The Kier molecular flexibility index (Phi) is 5.03. The molecule has 2 amide bonds. The molecular weight excluding hydrogens is 247 g/mol. The van der Waals surface area contributed by atoms with E-state index in [-0.39, 0.29) is 18.4 Å². The molecule has 104 valence electrons. The van der Waals surface area contributed by atoms with Crippen molar-refractivity contribution in [1.29, 1.82) is 0 Å². The lowest BCUT2D eigenvalue weighted by atomic mass is 10.0. The van der Waals surface area contributed by atoms with Crippen molar-refractivity contribution in [3.8, 4) is 0 Å². The van der Waals surface area contributed by atoms with E-state index in [1.54, 1.807) is 22.8 Å². The van der Waals surface area contributed by atoms with Gasteiger partial charge in [0, 0.05) is 32.1 Å². The van der Waals surface area contributed by atoms with Gasteiger partial charge in [-0.3, -0.25) is 9.59 Å². The van der Waals surface area contributed by atoms with Crippen molar-refractivity contribution in [3.63, 3.8) is 0 Å². The van der Waals surface area contributed by atoms with Crippen molar-refractivity contribution in [1.82, 2.24) is 9.80 Å². The molecule has 1 aliphatic rings. The van der Waals surface area contributed by atoms with Gasteiger partial charge in [-0.05, 0) is 13.0 Å². The molecule has 0 aromatic carbocycles. The van der Waals surface area contributed by atoms with Gasteiger partial charge in [0.05, 0.1) is 6.04 Å². The summed E-state index contributed by atoms with van der Waals surface area (Å²) in [5, 5.41) is 0. The van der Waals surface area contributed by atoms with Crippen molar-refractivity contribution >= 4 is 11.8 Å². The fourth-order valence-electron chi connectivity index (χ4n) is 2.29. The summed E-state index contributed by atoms with van der Waals surface area (Å²) in [4.78, 5) is 26.4. The predicted molar refractivity (Wildman–Crippen MR) is 72.0 cm³/mol. The van der Waals surface area contributed by atoms with E-state index in [4.69, 9.17) is 0 Å². The van der Waals surface area contributed by atoms with E-state index >= 15 is 0 Å². The number of amides is 2. The molecule has 4 nitrogen and oxygen atoms in total. The molecule has 1 aliphatic heterocycles. The monoisotopic (exact) mass is 266 g/mol. The fraction of sp³-hybridized carbons (Fsp3) is 0.429. The summed E-state index contributed by atoms with van der Waals surface area (Å²) in [5.74, 6) is -0.934. The van der Waals surface area contributed by atoms with E-state index in [0.717, 1.165) is 0 Å². The molecule has 0 aromatic heterocycles. The minimum absolute atomic E-state index is 0.142. The molecule has 5 heteroatoms. The van der Waals surface area contributed by atoms with Gasteiger partial charge >= 0.3 is 0 Å². The third kappa shape index (κ3) is 3.30. The minimum atomic E-state index is -0.577. The summed E-state index contributed by atoms with van der Waals surface area (Å²) < 4.78 is 13.5. The Bertz CT molecular complexity index is 443. The van der Waals surface area contributed by atoms with Crippen LogP contribution in [0.15, 0.2) is 36.7 Å². The SMILES string of the molecule is C=CC(=O)N1CCN(C(C)=O)C(/C(=C/C)C(=C)F)C1. The first-order chi connectivity index (χ1) is 8.92. The Morgan fingerprint density at radius 3 is 2.42 bits per heavy atom. The second-order valence-electron chi connectivity index (χ2n) is 4.37. The predicted octanol–water partition coefficient (Wildman–Crippen LogP) is 1.66. The average molecular weight is 266 g/mol. The molecule has 1 rings (SSSR count). The van der Waals surface area contributed by atoms with Crippen LogP contribution >= 0.6 is 0 Å². The van der Waals surface area contributed by atoms with Crippen molar-refractivity contribution in [2.45, 2.75) is 19.9 Å². The zero-order valence-electron chi connectivity index (χ0n) is 11.4. The average Bonchev–Trinajstić information content (AvgIpc) is 2.37. The third-order valence-corrected chi connectivity index (χ3v) is 3.25. The molecule has 19 heavy (non-hydrogen) atoms. The number of rotatable bonds is 3. The van der Waals surface area contributed by atoms with Gasteiger partial charge in [0.15, 0.2) is 0 Å². The normalized spacial score (nSPS) is 20.2. The first-order valence-corrected chi connectivity index (χ1v) is 6.11. The quantitative estimate of drug-likeness (QED) is 0.576. The number of piperazine rings is 1. The van der Waals surface area contributed by atoms with E-state index < -0.39 is 11.9 Å². The van der Waals surface area contributed by atoms with Crippen molar-refractivity contribution < 1.29 is 14.0 Å². The standard InChI is InChI=1S/C14H19FN2O2/c1-5-12(10(3)15)13-9-16(14(19)6-2)7-8-17(13)11(4)18/h5-6,13H,2-3,7-9H2,1,4H3/b12-5+. The van der Waals surface area contributed by atoms with E-state index in [0.29, 0.717) is 18.7 Å². The Labute approximate surface area is 112 Å².